The molecule has 15 heteroatoms. The first-order chi connectivity index (χ1) is 20.6. The van der Waals surface area contributed by atoms with E-state index in [9.17, 15) is 29.1 Å². The highest BCUT2D eigenvalue weighted by molar-refractivity contribution is 5.95. The van der Waals surface area contributed by atoms with Crippen LogP contribution in [0.5, 0.6) is 0 Å². The van der Waals surface area contributed by atoms with Gasteiger partial charge in [-0.05, 0) is 43.9 Å². The molecule has 0 saturated heterocycles. The number of nitrogens with one attached hydrogen (secondary N) is 5. The summed E-state index contributed by atoms with van der Waals surface area (Å²) < 4.78 is 0. The van der Waals surface area contributed by atoms with Gasteiger partial charge in [0.05, 0.1) is 12.4 Å². The number of carboxylic acid groups (broad SMARTS) is 2. The summed E-state index contributed by atoms with van der Waals surface area (Å²) in [4.78, 5) is 72.5. The summed E-state index contributed by atoms with van der Waals surface area (Å²) in [6.07, 6.45) is 5.28. The number of carboxylic acids is 2. The van der Waals surface area contributed by atoms with Gasteiger partial charge in [0, 0.05) is 48.3 Å². The molecule has 3 amide bonds. The monoisotopic (exact) mass is 598 g/mol. The zero-order valence-corrected chi connectivity index (χ0v) is 23.5. The van der Waals surface area contributed by atoms with Crippen LogP contribution < -0.4 is 27.4 Å². The van der Waals surface area contributed by atoms with E-state index in [0.717, 1.165) is 10.9 Å². The number of imidazole rings is 1. The van der Waals surface area contributed by atoms with Crippen LogP contribution in [0.3, 0.4) is 0 Å². The summed E-state index contributed by atoms with van der Waals surface area (Å²) in [6.45, 7) is 0.375. The van der Waals surface area contributed by atoms with Crippen LogP contribution in [0.15, 0.2) is 43.0 Å². The third kappa shape index (κ3) is 9.93. The quantitative estimate of drug-likeness (QED) is 0.0851. The van der Waals surface area contributed by atoms with Gasteiger partial charge in [0.25, 0.3) is 0 Å². The lowest BCUT2D eigenvalue weighted by Crippen LogP contribution is -2.57. The van der Waals surface area contributed by atoms with Gasteiger partial charge in [-0.2, -0.15) is 0 Å². The number of H-pyrrole nitrogens is 2. The van der Waals surface area contributed by atoms with Crippen LogP contribution in [0, 0.1) is 0 Å². The van der Waals surface area contributed by atoms with E-state index >= 15 is 0 Å². The average molecular weight is 599 g/mol. The normalized spacial score (nSPS) is 13.9. The number of aromatic nitrogens is 3. The summed E-state index contributed by atoms with van der Waals surface area (Å²) in [5.74, 6) is -4.70. The van der Waals surface area contributed by atoms with E-state index in [1.807, 2.05) is 24.3 Å². The molecule has 0 aliphatic rings. The largest absolute Gasteiger partial charge is 0.481 e. The van der Waals surface area contributed by atoms with Gasteiger partial charge < -0.3 is 47.6 Å². The second-order valence-corrected chi connectivity index (χ2v) is 10.2. The number of hydrogen-bond acceptors (Lipinski definition) is 8. The van der Waals surface area contributed by atoms with Crippen molar-refractivity contribution >= 4 is 40.6 Å². The highest BCUT2D eigenvalue weighted by Crippen LogP contribution is 2.19. The minimum Gasteiger partial charge on any atom is -0.481 e. The maximum Gasteiger partial charge on any atom is 0.326 e. The molecule has 3 aromatic rings. The summed E-state index contributed by atoms with van der Waals surface area (Å²) in [5, 5.41) is 27.0. The van der Waals surface area contributed by atoms with Crippen LogP contribution in [0.4, 0.5) is 0 Å². The van der Waals surface area contributed by atoms with Crippen LogP contribution in [-0.4, -0.2) is 85.5 Å². The molecule has 0 radical (unpaired) electrons. The van der Waals surface area contributed by atoms with Crippen LogP contribution in [0.2, 0.25) is 0 Å². The molecule has 4 unspecified atom stereocenters. The molecular formula is C28H38N8O7. The Bertz CT molecular complexity index is 1390. The Morgan fingerprint density at radius 3 is 2.23 bits per heavy atom. The summed E-state index contributed by atoms with van der Waals surface area (Å²) in [7, 11) is 0. The van der Waals surface area contributed by atoms with Crippen molar-refractivity contribution in [1.82, 2.24) is 30.9 Å². The summed E-state index contributed by atoms with van der Waals surface area (Å²) in [6, 6.07) is 2.52. The Morgan fingerprint density at radius 2 is 1.56 bits per heavy atom. The fraction of sp³-hybridized carbons (Fsp3) is 0.429. The average Bonchev–Trinajstić information content (AvgIpc) is 3.64. The van der Waals surface area contributed by atoms with Gasteiger partial charge in [0.15, 0.2) is 0 Å². The lowest BCUT2D eigenvalue weighted by atomic mass is 10.0. The number of carbonyl (C=O) groups is 5. The summed E-state index contributed by atoms with van der Waals surface area (Å²) >= 11 is 0. The van der Waals surface area contributed by atoms with Crippen molar-refractivity contribution in [1.29, 1.82) is 0 Å². The van der Waals surface area contributed by atoms with E-state index < -0.39 is 60.2 Å². The van der Waals surface area contributed by atoms with Crippen LogP contribution in [0.1, 0.15) is 43.4 Å². The molecule has 3 rings (SSSR count). The first-order valence-electron chi connectivity index (χ1n) is 13.9. The van der Waals surface area contributed by atoms with Crippen LogP contribution in [0.25, 0.3) is 10.9 Å². The maximum atomic E-state index is 13.6. The van der Waals surface area contributed by atoms with Gasteiger partial charge in [-0.1, -0.05) is 18.2 Å². The molecule has 11 N–H and O–H groups in total. The lowest BCUT2D eigenvalue weighted by Gasteiger charge is -2.25. The highest BCUT2D eigenvalue weighted by atomic mass is 16.4. The van der Waals surface area contributed by atoms with Crippen molar-refractivity contribution in [2.45, 2.75) is 69.1 Å². The van der Waals surface area contributed by atoms with Crippen LogP contribution in [-0.2, 0) is 36.8 Å². The Labute approximate surface area is 247 Å². The maximum absolute atomic E-state index is 13.6. The lowest BCUT2D eigenvalue weighted by molar-refractivity contribution is -0.143. The molecule has 232 valence electrons. The third-order valence-corrected chi connectivity index (χ3v) is 6.90. The number of para-hydroxylation sites is 1. The van der Waals surface area contributed by atoms with Gasteiger partial charge in [-0.15, -0.1) is 0 Å². The molecule has 0 spiro atoms. The molecule has 43 heavy (non-hydrogen) atoms. The van der Waals surface area contributed by atoms with Gasteiger partial charge in [-0.25, -0.2) is 9.78 Å². The van der Waals surface area contributed by atoms with Crippen molar-refractivity contribution in [3.63, 3.8) is 0 Å². The molecule has 0 aliphatic heterocycles. The first-order valence-corrected chi connectivity index (χ1v) is 13.9. The van der Waals surface area contributed by atoms with Crippen molar-refractivity contribution < 1.29 is 34.2 Å². The number of benzene rings is 1. The number of nitrogens with zero attached hydrogens (tertiary/aromatic N) is 1. The van der Waals surface area contributed by atoms with Gasteiger partial charge >= 0.3 is 11.9 Å². The Hall–Kier alpha value is -4.76. The first kappa shape index (κ1) is 32.8. The molecule has 1 aromatic carbocycles. The fourth-order valence-corrected chi connectivity index (χ4v) is 4.57. The number of unbranched alkanes of at least 4 members (excludes halogenated alkanes) is 1. The van der Waals surface area contributed by atoms with Gasteiger partial charge in [-0.3, -0.25) is 19.2 Å². The van der Waals surface area contributed by atoms with E-state index in [0.29, 0.717) is 30.6 Å². The van der Waals surface area contributed by atoms with E-state index in [1.165, 1.54) is 12.5 Å². The number of aliphatic carboxylic acids is 2. The summed E-state index contributed by atoms with van der Waals surface area (Å²) in [5.41, 5.74) is 13.8. The van der Waals surface area contributed by atoms with Gasteiger partial charge in [0.1, 0.15) is 18.1 Å². The second kappa shape index (κ2) is 16.0. The van der Waals surface area contributed by atoms with Gasteiger partial charge in [0.2, 0.25) is 17.7 Å². The van der Waals surface area contributed by atoms with E-state index in [1.54, 1.807) is 6.20 Å². The molecule has 4 atom stereocenters. The molecule has 0 saturated carbocycles. The zero-order chi connectivity index (χ0) is 31.4. The molecule has 2 heterocycles. The Morgan fingerprint density at radius 1 is 0.860 bits per heavy atom. The standard InChI is InChI=1S/C28H38N8O7/c29-10-4-3-7-21(34-25(39)19(30)12-17-14-31-15-33-17)26(40)36-23(11-16-13-32-20-6-2-1-5-18(16)20)27(41)35-22(28(42)43)8-9-24(37)38/h1-2,5-6,13-15,19,21-23,32H,3-4,7-12,29-30H2,(H,31,33)(H,34,39)(H,35,41)(H,36,40)(H,37,38)(H,42,43). The number of aromatic amines is 2. The molecule has 15 nitrogen and oxygen atoms in total. The molecule has 0 aliphatic carbocycles. The minimum absolute atomic E-state index is 0.0182. The number of rotatable bonds is 18. The predicted octanol–water partition coefficient (Wildman–Crippen LogP) is -0.464. The van der Waals surface area contributed by atoms with Crippen molar-refractivity contribution in [3.05, 3.63) is 54.2 Å². The minimum atomic E-state index is -1.49. The SMILES string of the molecule is NCCCCC(NC(=O)C(N)Cc1cnc[nH]1)C(=O)NC(Cc1c[nH]c2ccccc12)C(=O)NC(CCC(=O)O)C(=O)O. The fourth-order valence-electron chi connectivity index (χ4n) is 4.57. The third-order valence-electron chi connectivity index (χ3n) is 6.90. The molecule has 0 bridgehead atoms. The van der Waals surface area contributed by atoms with E-state index in [-0.39, 0.29) is 25.7 Å². The number of nitrogens with two attached hydrogens (primary N) is 2. The molecular weight excluding hydrogens is 560 g/mol. The van der Waals surface area contributed by atoms with Crippen molar-refractivity contribution in [2.75, 3.05) is 6.54 Å². The number of carbonyl (C=O) groups excluding carboxylic acids is 3. The Kier molecular flexibility index (Phi) is 12.2. The van der Waals surface area contributed by atoms with Crippen LogP contribution >= 0.6 is 0 Å². The second-order valence-electron chi connectivity index (χ2n) is 10.2. The predicted molar refractivity (Wildman–Crippen MR) is 155 cm³/mol. The Balaban J connectivity index is 1.81. The molecule has 0 fully saturated rings. The number of fused-ring (bicyclic) bond motifs is 1. The smallest absolute Gasteiger partial charge is 0.326 e. The topological polar surface area (TPSA) is 258 Å². The molecule has 2 aromatic heterocycles. The highest BCUT2D eigenvalue weighted by Gasteiger charge is 2.31. The van der Waals surface area contributed by atoms with E-state index in [2.05, 4.69) is 30.9 Å². The number of amides is 3. The van der Waals surface area contributed by atoms with Crippen molar-refractivity contribution in [2.24, 2.45) is 11.5 Å². The van der Waals surface area contributed by atoms with Crippen molar-refractivity contribution in [3.8, 4) is 0 Å². The van der Waals surface area contributed by atoms with E-state index in [4.69, 9.17) is 16.6 Å². The number of hydrogen-bond donors (Lipinski definition) is 9. The zero-order valence-electron chi connectivity index (χ0n) is 23.5.